The molecule has 0 aliphatic heterocycles. The van der Waals surface area contributed by atoms with Gasteiger partial charge in [0, 0.05) is 25.7 Å². The SMILES string of the molecule is CN(C)CCNC(CN)c1ccc(OC(F)F)cc1. The van der Waals surface area contributed by atoms with E-state index in [1.807, 2.05) is 14.1 Å². The highest BCUT2D eigenvalue weighted by atomic mass is 19.3. The summed E-state index contributed by atoms with van der Waals surface area (Å²) < 4.78 is 28.4. The number of ether oxygens (including phenoxy) is 1. The van der Waals surface area contributed by atoms with Crippen LogP contribution in [0, 0.1) is 0 Å². The minimum absolute atomic E-state index is 0.0144. The number of nitrogens with one attached hydrogen (secondary N) is 1. The summed E-state index contributed by atoms with van der Waals surface area (Å²) in [5, 5.41) is 3.32. The minimum atomic E-state index is -2.80. The Morgan fingerprint density at radius 2 is 1.89 bits per heavy atom. The van der Waals surface area contributed by atoms with E-state index in [4.69, 9.17) is 5.73 Å². The maximum atomic E-state index is 12.0. The van der Waals surface area contributed by atoms with E-state index in [2.05, 4.69) is 15.0 Å². The number of benzene rings is 1. The Hall–Kier alpha value is -1.24. The number of nitrogens with two attached hydrogens (primary N) is 1. The fraction of sp³-hybridized carbons (Fsp3) is 0.538. The van der Waals surface area contributed by atoms with E-state index in [0.29, 0.717) is 6.54 Å². The molecule has 6 heteroatoms. The minimum Gasteiger partial charge on any atom is -0.435 e. The Labute approximate surface area is 112 Å². The molecule has 0 amide bonds. The van der Waals surface area contributed by atoms with Crippen molar-refractivity contribution in [2.45, 2.75) is 12.7 Å². The molecule has 0 spiro atoms. The summed E-state index contributed by atoms with van der Waals surface area (Å²) in [6.07, 6.45) is 0. The first kappa shape index (κ1) is 15.8. The molecule has 1 rings (SSSR count). The van der Waals surface area contributed by atoms with Crippen molar-refractivity contribution in [1.82, 2.24) is 10.2 Å². The molecular formula is C13H21F2N3O. The first-order chi connectivity index (χ1) is 9.02. The Morgan fingerprint density at radius 1 is 1.26 bits per heavy atom. The second-order valence-electron chi connectivity index (χ2n) is 4.49. The Bertz CT molecular complexity index is 357. The molecule has 1 unspecified atom stereocenters. The van der Waals surface area contributed by atoms with Gasteiger partial charge in [-0.25, -0.2) is 0 Å². The highest BCUT2D eigenvalue weighted by Crippen LogP contribution is 2.18. The first-order valence-corrected chi connectivity index (χ1v) is 6.16. The third kappa shape index (κ3) is 5.96. The monoisotopic (exact) mass is 273 g/mol. The average molecular weight is 273 g/mol. The van der Waals surface area contributed by atoms with E-state index >= 15 is 0 Å². The molecule has 0 radical (unpaired) electrons. The lowest BCUT2D eigenvalue weighted by molar-refractivity contribution is -0.0498. The van der Waals surface area contributed by atoms with Gasteiger partial charge in [-0.3, -0.25) is 0 Å². The lowest BCUT2D eigenvalue weighted by atomic mass is 10.1. The Morgan fingerprint density at radius 3 is 2.37 bits per heavy atom. The number of alkyl halides is 2. The summed E-state index contributed by atoms with van der Waals surface area (Å²) in [5.41, 5.74) is 6.67. The van der Waals surface area contributed by atoms with Crippen LogP contribution in [0.15, 0.2) is 24.3 Å². The molecule has 1 aromatic rings. The second kappa shape index (κ2) is 8.04. The molecule has 3 N–H and O–H groups in total. The van der Waals surface area contributed by atoms with Gasteiger partial charge < -0.3 is 20.7 Å². The number of nitrogens with zero attached hydrogens (tertiary/aromatic N) is 1. The van der Waals surface area contributed by atoms with Gasteiger partial charge in [-0.2, -0.15) is 8.78 Å². The maximum Gasteiger partial charge on any atom is 0.387 e. The van der Waals surface area contributed by atoms with Crippen molar-refractivity contribution in [3.63, 3.8) is 0 Å². The van der Waals surface area contributed by atoms with Crippen molar-refractivity contribution < 1.29 is 13.5 Å². The quantitative estimate of drug-likeness (QED) is 0.752. The normalized spacial score (nSPS) is 13.0. The van der Waals surface area contributed by atoms with Gasteiger partial charge in [-0.1, -0.05) is 12.1 Å². The molecule has 4 nitrogen and oxygen atoms in total. The van der Waals surface area contributed by atoms with E-state index < -0.39 is 6.61 Å². The van der Waals surface area contributed by atoms with E-state index in [1.54, 1.807) is 12.1 Å². The van der Waals surface area contributed by atoms with Crippen molar-refractivity contribution in [3.8, 4) is 5.75 Å². The van der Waals surface area contributed by atoms with Crippen LogP contribution in [-0.4, -0.2) is 45.2 Å². The van der Waals surface area contributed by atoms with E-state index in [0.717, 1.165) is 18.7 Å². The lowest BCUT2D eigenvalue weighted by Crippen LogP contribution is -2.33. The molecule has 1 aromatic carbocycles. The van der Waals surface area contributed by atoms with E-state index in [1.165, 1.54) is 12.1 Å². The van der Waals surface area contributed by atoms with Crippen LogP contribution < -0.4 is 15.8 Å². The fourth-order valence-electron chi connectivity index (χ4n) is 1.68. The molecule has 0 saturated heterocycles. The summed E-state index contributed by atoms with van der Waals surface area (Å²) in [5.74, 6) is 0.155. The van der Waals surface area contributed by atoms with Crippen LogP contribution in [0.5, 0.6) is 5.75 Å². The van der Waals surface area contributed by atoms with Crippen molar-refractivity contribution in [3.05, 3.63) is 29.8 Å². The fourth-order valence-corrected chi connectivity index (χ4v) is 1.68. The Balaban J connectivity index is 2.55. The van der Waals surface area contributed by atoms with Crippen molar-refractivity contribution in [2.75, 3.05) is 33.7 Å². The van der Waals surface area contributed by atoms with Crippen LogP contribution in [0.1, 0.15) is 11.6 Å². The van der Waals surface area contributed by atoms with Gasteiger partial charge in [-0.15, -0.1) is 0 Å². The number of hydrogen-bond acceptors (Lipinski definition) is 4. The second-order valence-corrected chi connectivity index (χ2v) is 4.49. The van der Waals surface area contributed by atoms with Gasteiger partial charge in [0.2, 0.25) is 0 Å². The summed E-state index contributed by atoms with van der Waals surface area (Å²) >= 11 is 0. The lowest BCUT2D eigenvalue weighted by Gasteiger charge is -2.19. The van der Waals surface area contributed by atoms with E-state index in [9.17, 15) is 8.78 Å². The molecule has 0 heterocycles. The predicted molar refractivity (Wildman–Crippen MR) is 71.4 cm³/mol. The van der Waals surface area contributed by atoms with E-state index in [-0.39, 0.29) is 11.8 Å². The average Bonchev–Trinajstić information content (AvgIpc) is 2.35. The predicted octanol–water partition coefficient (Wildman–Crippen LogP) is 1.44. The van der Waals surface area contributed by atoms with Crippen LogP contribution in [0.3, 0.4) is 0 Å². The van der Waals surface area contributed by atoms with Gasteiger partial charge in [0.25, 0.3) is 0 Å². The highest BCUT2D eigenvalue weighted by molar-refractivity contribution is 5.29. The van der Waals surface area contributed by atoms with Crippen LogP contribution in [-0.2, 0) is 0 Å². The molecule has 108 valence electrons. The summed E-state index contributed by atoms with van der Waals surface area (Å²) in [6, 6.07) is 6.56. The summed E-state index contributed by atoms with van der Waals surface area (Å²) in [6.45, 7) is -0.634. The third-order valence-corrected chi connectivity index (χ3v) is 2.69. The molecule has 0 fully saturated rings. The van der Waals surface area contributed by atoms with Gasteiger partial charge in [0.05, 0.1) is 0 Å². The largest absolute Gasteiger partial charge is 0.435 e. The maximum absolute atomic E-state index is 12.0. The first-order valence-electron chi connectivity index (χ1n) is 6.16. The number of likely N-dealkylation sites (N-methyl/N-ethyl adjacent to an activating group) is 1. The molecule has 0 aliphatic carbocycles. The topological polar surface area (TPSA) is 50.5 Å². The zero-order valence-corrected chi connectivity index (χ0v) is 11.3. The molecule has 0 aliphatic rings. The highest BCUT2D eigenvalue weighted by Gasteiger charge is 2.10. The van der Waals surface area contributed by atoms with Crippen LogP contribution in [0.4, 0.5) is 8.78 Å². The zero-order chi connectivity index (χ0) is 14.3. The molecule has 0 saturated carbocycles. The van der Waals surface area contributed by atoms with Gasteiger partial charge in [0.1, 0.15) is 5.75 Å². The zero-order valence-electron chi connectivity index (χ0n) is 11.3. The molecule has 19 heavy (non-hydrogen) atoms. The Kier molecular flexibility index (Phi) is 6.69. The molecular weight excluding hydrogens is 252 g/mol. The van der Waals surface area contributed by atoms with Gasteiger partial charge >= 0.3 is 6.61 Å². The van der Waals surface area contributed by atoms with Crippen molar-refractivity contribution in [2.24, 2.45) is 5.73 Å². The summed E-state index contributed by atoms with van der Waals surface area (Å²) in [4.78, 5) is 2.07. The number of halogens is 2. The molecule has 1 atom stereocenters. The third-order valence-electron chi connectivity index (χ3n) is 2.69. The smallest absolute Gasteiger partial charge is 0.387 e. The standard InChI is InChI=1S/C13H21F2N3O/c1-18(2)8-7-17-12(9-16)10-3-5-11(6-4-10)19-13(14)15/h3-6,12-13,17H,7-9,16H2,1-2H3. The summed E-state index contributed by atoms with van der Waals surface area (Å²) in [7, 11) is 3.99. The molecule has 0 bridgehead atoms. The van der Waals surface area contributed by atoms with Crippen LogP contribution in [0.25, 0.3) is 0 Å². The van der Waals surface area contributed by atoms with Crippen LogP contribution >= 0.6 is 0 Å². The van der Waals surface area contributed by atoms with Crippen LogP contribution in [0.2, 0.25) is 0 Å². The van der Waals surface area contributed by atoms with Crippen molar-refractivity contribution >= 4 is 0 Å². The van der Waals surface area contributed by atoms with Crippen molar-refractivity contribution in [1.29, 1.82) is 0 Å². The molecule has 0 aromatic heterocycles. The van der Waals surface area contributed by atoms with Gasteiger partial charge in [-0.05, 0) is 31.8 Å². The number of rotatable bonds is 8. The van der Waals surface area contributed by atoms with Gasteiger partial charge in [0.15, 0.2) is 0 Å². The number of hydrogen-bond donors (Lipinski definition) is 2.